The second kappa shape index (κ2) is 7.09. The Balaban J connectivity index is 2.66. The number of nitrogens with two attached hydrogens (primary N) is 1. The third kappa shape index (κ3) is 4.50. The maximum atomic E-state index is 12.0. The Hall–Kier alpha value is -1.06. The molecule has 1 amide bonds. The van der Waals surface area contributed by atoms with Crippen LogP contribution >= 0.6 is 11.6 Å². The van der Waals surface area contributed by atoms with Gasteiger partial charge in [0.15, 0.2) is 0 Å². The summed E-state index contributed by atoms with van der Waals surface area (Å²) in [5.74, 6) is 0.0961. The molecule has 0 heterocycles. The van der Waals surface area contributed by atoms with Gasteiger partial charge in [-0.25, -0.2) is 0 Å². The zero-order valence-electron chi connectivity index (χ0n) is 12.7. The number of carbonyl (C=O) groups is 1. The highest BCUT2D eigenvalue weighted by Gasteiger charge is 2.24. The first-order valence-electron chi connectivity index (χ1n) is 7.07. The van der Waals surface area contributed by atoms with E-state index in [0.717, 1.165) is 12.0 Å². The molecular weight excluding hydrogens is 272 g/mol. The van der Waals surface area contributed by atoms with Crippen LogP contribution in [0.15, 0.2) is 24.3 Å². The van der Waals surface area contributed by atoms with E-state index >= 15 is 0 Å². The summed E-state index contributed by atoms with van der Waals surface area (Å²) in [4.78, 5) is 12.0. The molecule has 1 aromatic rings. The molecule has 20 heavy (non-hydrogen) atoms. The average molecular weight is 297 g/mol. The van der Waals surface area contributed by atoms with Crippen molar-refractivity contribution in [3.63, 3.8) is 0 Å². The van der Waals surface area contributed by atoms with Crippen molar-refractivity contribution in [1.82, 2.24) is 5.32 Å². The Labute approximate surface area is 126 Å². The molecule has 0 aliphatic carbocycles. The normalized spacial score (nSPS) is 14.7. The topological polar surface area (TPSA) is 55.1 Å². The largest absolute Gasteiger partial charge is 0.354 e. The van der Waals surface area contributed by atoms with E-state index in [1.54, 1.807) is 0 Å². The van der Waals surface area contributed by atoms with E-state index in [0.29, 0.717) is 11.6 Å². The number of amides is 1. The van der Waals surface area contributed by atoms with Gasteiger partial charge in [0, 0.05) is 17.0 Å². The van der Waals surface area contributed by atoms with Crippen molar-refractivity contribution in [2.45, 2.75) is 45.6 Å². The Morgan fingerprint density at radius 1 is 1.45 bits per heavy atom. The first-order valence-corrected chi connectivity index (χ1v) is 7.45. The summed E-state index contributed by atoms with van der Waals surface area (Å²) in [6.45, 7) is 8.72. The van der Waals surface area contributed by atoms with Gasteiger partial charge < -0.3 is 11.1 Å². The number of hydrogen-bond donors (Lipinski definition) is 2. The lowest BCUT2D eigenvalue weighted by Crippen LogP contribution is -2.47. The van der Waals surface area contributed by atoms with Gasteiger partial charge in [0.2, 0.25) is 5.91 Å². The molecule has 4 heteroatoms. The molecule has 0 saturated heterocycles. The summed E-state index contributed by atoms with van der Waals surface area (Å²) in [5, 5.41) is 3.66. The summed E-state index contributed by atoms with van der Waals surface area (Å²) in [7, 11) is 0. The van der Waals surface area contributed by atoms with E-state index < -0.39 is 6.04 Å². The monoisotopic (exact) mass is 296 g/mol. The van der Waals surface area contributed by atoms with Crippen LogP contribution in [0.3, 0.4) is 0 Å². The Kier molecular flexibility index (Phi) is 6.03. The van der Waals surface area contributed by atoms with Crippen LogP contribution in [0.2, 0.25) is 5.02 Å². The van der Waals surface area contributed by atoms with E-state index in [9.17, 15) is 4.79 Å². The molecule has 0 aliphatic heterocycles. The van der Waals surface area contributed by atoms with Crippen LogP contribution in [0, 0.1) is 5.92 Å². The molecule has 0 radical (unpaired) electrons. The van der Waals surface area contributed by atoms with Gasteiger partial charge in [0.05, 0.1) is 6.04 Å². The second-order valence-corrected chi connectivity index (χ2v) is 6.46. The molecule has 0 aromatic heterocycles. The highest BCUT2D eigenvalue weighted by Crippen LogP contribution is 2.24. The number of benzene rings is 1. The number of hydrogen-bond acceptors (Lipinski definition) is 2. The van der Waals surface area contributed by atoms with Crippen molar-refractivity contribution >= 4 is 17.5 Å². The van der Waals surface area contributed by atoms with Gasteiger partial charge in [0.1, 0.15) is 0 Å². The van der Waals surface area contributed by atoms with Gasteiger partial charge in [-0.15, -0.1) is 0 Å². The number of carbonyl (C=O) groups excluding carboxylic acids is 1. The molecular formula is C16H25ClN2O. The molecule has 0 spiro atoms. The van der Waals surface area contributed by atoms with Crippen molar-refractivity contribution in [3.8, 4) is 0 Å². The molecule has 0 aliphatic rings. The lowest BCUT2D eigenvalue weighted by Gasteiger charge is -2.27. The molecule has 3 N–H and O–H groups in total. The predicted octanol–water partition coefficient (Wildman–Crippen LogP) is 3.11. The average Bonchev–Trinajstić information content (AvgIpc) is 2.43. The van der Waals surface area contributed by atoms with Gasteiger partial charge >= 0.3 is 0 Å². The third-order valence-corrected chi connectivity index (χ3v) is 4.11. The highest BCUT2D eigenvalue weighted by atomic mass is 35.5. The van der Waals surface area contributed by atoms with Crippen molar-refractivity contribution < 1.29 is 4.79 Å². The number of nitrogens with one attached hydrogen (secondary N) is 1. The number of rotatable bonds is 6. The van der Waals surface area contributed by atoms with E-state index in [-0.39, 0.29) is 17.2 Å². The fourth-order valence-corrected chi connectivity index (χ4v) is 2.14. The third-order valence-electron chi connectivity index (χ3n) is 3.87. The molecule has 2 unspecified atom stereocenters. The fourth-order valence-electron chi connectivity index (χ4n) is 1.95. The summed E-state index contributed by atoms with van der Waals surface area (Å²) < 4.78 is 0. The van der Waals surface area contributed by atoms with Crippen LogP contribution in [-0.2, 0) is 10.2 Å². The highest BCUT2D eigenvalue weighted by molar-refractivity contribution is 6.30. The molecule has 0 saturated carbocycles. The second-order valence-electron chi connectivity index (χ2n) is 6.02. The first kappa shape index (κ1) is 17.0. The minimum absolute atomic E-state index is 0.0885. The summed E-state index contributed by atoms with van der Waals surface area (Å²) in [6.07, 6.45) is 0.895. The first-order chi connectivity index (χ1) is 9.27. The minimum Gasteiger partial charge on any atom is -0.354 e. The molecule has 3 nitrogen and oxygen atoms in total. The Morgan fingerprint density at radius 2 is 2.10 bits per heavy atom. The summed E-state index contributed by atoms with van der Waals surface area (Å²) >= 11 is 6.02. The van der Waals surface area contributed by atoms with Gasteiger partial charge in [-0.2, -0.15) is 0 Å². The summed E-state index contributed by atoms with van der Waals surface area (Å²) in [5.41, 5.74) is 6.84. The lowest BCUT2D eigenvalue weighted by atomic mass is 9.84. The van der Waals surface area contributed by atoms with Crippen LogP contribution < -0.4 is 11.1 Å². The van der Waals surface area contributed by atoms with Gasteiger partial charge in [-0.3, -0.25) is 4.79 Å². The van der Waals surface area contributed by atoms with Crippen molar-refractivity contribution in [2.24, 2.45) is 11.7 Å². The smallest absolute Gasteiger partial charge is 0.237 e. The van der Waals surface area contributed by atoms with Crippen molar-refractivity contribution in [2.75, 3.05) is 6.54 Å². The quantitative estimate of drug-likeness (QED) is 0.847. The standard InChI is InChI=1S/C16H25ClN2O/c1-5-11(2)14(18)15(20)19-10-16(3,4)12-7-6-8-13(17)9-12/h6-9,11,14H,5,10,18H2,1-4H3,(H,19,20). The molecule has 0 fully saturated rings. The molecule has 1 rings (SSSR count). The van der Waals surface area contributed by atoms with Gasteiger partial charge in [0.25, 0.3) is 0 Å². The maximum Gasteiger partial charge on any atom is 0.237 e. The van der Waals surface area contributed by atoms with E-state index in [4.69, 9.17) is 17.3 Å². The zero-order valence-corrected chi connectivity index (χ0v) is 13.5. The van der Waals surface area contributed by atoms with Gasteiger partial charge in [-0.1, -0.05) is 57.8 Å². The van der Waals surface area contributed by atoms with Crippen LogP contribution in [0.25, 0.3) is 0 Å². The Bertz CT molecular complexity index is 460. The lowest BCUT2D eigenvalue weighted by molar-refractivity contribution is -0.123. The van der Waals surface area contributed by atoms with E-state index in [1.165, 1.54) is 0 Å². The zero-order chi connectivity index (χ0) is 15.3. The van der Waals surface area contributed by atoms with Crippen molar-refractivity contribution in [1.29, 1.82) is 0 Å². The van der Waals surface area contributed by atoms with Crippen LogP contribution in [-0.4, -0.2) is 18.5 Å². The number of halogens is 1. The predicted molar refractivity (Wildman–Crippen MR) is 84.9 cm³/mol. The molecule has 112 valence electrons. The van der Waals surface area contributed by atoms with Gasteiger partial charge in [-0.05, 0) is 23.6 Å². The molecule has 2 atom stereocenters. The maximum absolute atomic E-state index is 12.0. The molecule has 0 bridgehead atoms. The van der Waals surface area contributed by atoms with Crippen LogP contribution in [0.5, 0.6) is 0 Å². The van der Waals surface area contributed by atoms with Crippen LogP contribution in [0.4, 0.5) is 0 Å². The summed E-state index contributed by atoms with van der Waals surface area (Å²) in [6, 6.07) is 7.27. The van der Waals surface area contributed by atoms with E-state index in [1.807, 2.05) is 38.1 Å². The van der Waals surface area contributed by atoms with Crippen LogP contribution in [0.1, 0.15) is 39.7 Å². The molecule has 1 aromatic carbocycles. The minimum atomic E-state index is -0.449. The van der Waals surface area contributed by atoms with E-state index in [2.05, 4.69) is 19.2 Å². The Morgan fingerprint density at radius 3 is 2.65 bits per heavy atom. The fraction of sp³-hybridized carbons (Fsp3) is 0.562. The van der Waals surface area contributed by atoms with Crippen molar-refractivity contribution in [3.05, 3.63) is 34.9 Å². The SMILES string of the molecule is CCC(C)C(N)C(=O)NCC(C)(C)c1cccc(Cl)c1.